The minimum Gasteiger partial charge on any atom is -0.351 e. The average Bonchev–Trinajstić information content (AvgIpc) is 2.66. The van der Waals surface area contributed by atoms with Crippen molar-refractivity contribution in [2.45, 2.75) is 24.4 Å². The molecule has 1 heterocycles. The fourth-order valence-corrected chi connectivity index (χ4v) is 3.77. The first kappa shape index (κ1) is 18.0. The van der Waals surface area contributed by atoms with Crippen LogP contribution in [0.3, 0.4) is 0 Å². The number of fused-ring (bicyclic) bond motifs is 1. The van der Waals surface area contributed by atoms with Gasteiger partial charge in [-0.25, -0.2) is 8.42 Å². The van der Waals surface area contributed by atoms with Crippen LogP contribution in [0, 0.1) is 0 Å². The number of nitrogens with zero attached hydrogens (tertiary/aromatic N) is 1. The molecule has 0 unspecified atom stereocenters. The maximum atomic E-state index is 12.6. The van der Waals surface area contributed by atoms with Crippen LogP contribution in [0.4, 0.5) is 0 Å². The maximum absolute atomic E-state index is 12.6. The summed E-state index contributed by atoms with van der Waals surface area (Å²) >= 11 is 0. The molecule has 134 valence electrons. The quantitative estimate of drug-likeness (QED) is 0.697. The second-order valence-electron chi connectivity index (χ2n) is 5.93. The number of carbonyl (C=O) groups is 1. The zero-order valence-corrected chi connectivity index (χ0v) is 15.0. The highest BCUT2D eigenvalue weighted by molar-refractivity contribution is 7.89. The molecular formula is C19H19N3O3S. The Kier molecular flexibility index (Phi) is 5.29. The van der Waals surface area contributed by atoms with Crippen molar-refractivity contribution in [1.82, 2.24) is 15.0 Å². The third kappa shape index (κ3) is 4.25. The molecule has 0 saturated heterocycles. The van der Waals surface area contributed by atoms with Gasteiger partial charge in [0.25, 0.3) is 0 Å². The Hall–Kier alpha value is -2.77. The normalized spacial score (nSPS) is 12.7. The topological polar surface area (TPSA) is 88.2 Å². The smallest absolute Gasteiger partial charge is 0.241 e. The molecule has 0 aliphatic heterocycles. The van der Waals surface area contributed by atoms with Crippen LogP contribution in [0.1, 0.15) is 12.5 Å². The number of benzene rings is 2. The summed E-state index contributed by atoms with van der Waals surface area (Å²) in [5, 5.41) is 4.47. The Morgan fingerprint density at radius 2 is 1.85 bits per heavy atom. The van der Waals surface area contributed by atoms with Gasteiger partial charge in [-0.3, -0.25) is 9.78 Å². The summed E-state index contributed by atoms with van der Waals surface area (Å²) in [5.41, 5.74) is 0.838. The molecule has 0 aliphatic carbocycles. The highest BCUT2D eigenvalue weighted by Crippen LogP contribution is 2.19. The van der Waals surface area contributed by atoms with E-state index < -0.39 is 22.0 Å². The largest absolute Gasteiger partial charge is 0.351 e. The van der Waals surface area contributed by atoms with E-state index in [1.54, 1.807) is 30.6 Å². The number of aromatic nitrogens is 1. The van der Waals surface area contributed by atoms with E-state index >= 15 is 0 Å². The van der Waals surface area contributed by atoms with E-state index in [0.29, 0.717) is 0 Å². The molecule has 7 heteroatoms. The molecule has 0 radical (unpaired) electrons. The number of hydrogen-bond donors (Lipinski definition) is 2. The zero-order valence-electron chi connectivity index (χ0n) is 14.2. The molecule has 1 amide bonds. The monoisotopic (exact) mass is 369 g/mol. The minimum absolute atomic E-state index is 0.128. The Balaban J connectivity index is 1.68. The van der Waals surface area contributed by atoms with Gasteiger partial charge in [0.2, 0.25) is 15.9 Å². The number of sulfonamides is 1. The van der Waals surface area contributed by atoms with Crippen LogP contribution in [0.25, 0.3) is 10.8 Å². The molecule has 6 nitrogen and oxygen atoms in total. The predicted molar refractivity (Wildman–Crippen MR) is 99.8 cm³/mol. The van der Waals surface area contributed by atoms with Crippen LogP contribution in [0.5, 0.6) is 0 Å². The van der Waals surface area contributed by atoms with Crippen LogP contribution in [-0.2, 0) is 21.4 Å². The Morgan fingerprint density at radius 3 is 2.58 bits per heavy atom. The van der Waals surface area contributed by atoms with Crippen molar-refractivity contribution in [3.05, 3.63) is 72.6 Å². The number of pyridine rings is 1. The predicted octanol–water partition coefficient (Wildman–Crippen LogP) is 2.22. The zero-order chi connectivity index (χ0) is 18.6. The SMILES string of the molecule is C[C@H](NS(=O)(=O)c1ccc2ccccc2c1)C(=O)NCc1cccnc1. The maximum Gasteiger partial charge on any atom is 0.241 e. The molecule has 3 aromatic rings. The number of carbonyl (C=O) groups excluding carboxylic acids is 1. The van der Waals surface area contributed by atoms with Crippen LogP contribution in [0.2, 0.25) is 0 Å². The summed E-state index contributed by atoms with van der Waals surface area (Å²) in [5.74, 6) is -0.404. The summed E-state index contributed by atoms with van der Waals surface area (Å²) in [7, 11) is -3.80. The Bertz CT molecular complexity index is 1020. The van der Waals surface area contributed by atoms with Crippen molar-refractivity contribution in [1.29, 1.82) is 0 Å². The molecule has 1 aromatic heterocycles. The molecule has 3 rings (SSSR count). The lowest BCUT2D eigenvalue weighted by Gasteiger charge is -2.15. The van der Waals surface area contributed by atoms with Crippen LogP contribution < -0.4 is 10.0 Å². The molecular weight excluding hydrogens is 350 g/mol. The molecule has 1 atom stereocenters. The summed E-state index contributed by atoms with van der Waals surface area (Å²) in [6.07, 6.45) is 3.29. The van der Waals surface area contributed by atoms with Crippen molar-refractivity contribution in [2.75, 3.05) is 0 Å². The Labute approximate surface area is 152 Å². The molecule has 0 spiro atoms. The van der Waals surface area contributed by atoms with Crippen molar-refractivity contribution in [3.63, 3.8) is 0 Å². The van der Waals surface area contributed by atoms with Gasteiger partial charge < -0.3 is 5.32 Å². The molecule has 0 bridgehead atoms. The van der Waals surface area contributed by atoms with E-state index in [4.69, 9.17) is 0 Å². The lowest BCUT2D eigenvalue weighted by molar-refractivity contribution is -0.122. The van der Waals surface area contributed by atoms with Gasteiger partial charge in [0, 0.05) is 18.9 Å². The third-order valence-corrected chi connectivity index (χ3v) is 5.48. The first-order chi connectivity index (χ1) is 12.5. The molecule has 2 aromatic carbocycles. The van der Waals surface area contributed by atoms with Crippen LogP contribution in [0.15, 0.2) is 71.9 Å². The fourth-order valence-electron chi connectivity index (χ4n) is 2.53. The van der Waals surface area contributed by atoms with Gasteiger partial charge in [-0.05, 0) is 41.5 Å². The first-order valence-corrected chi connectivity index (χ1v) is 9.62. The van der Waals surface area contributed by atoms with Crippen molar-refractivity contribution < 1.29 is 13.2 Å². The van der Waals surface area contributed by atoms with Crippen molar-refractivity contribution >= 4 is 26.7 Å². The van der Waals surface area contributed by atoms with E-state index in [1.807, 2.05) is 30.3 Å². The van der Waals surface area contributed by atoms with Gasteiger partial charge in [-0.1, -0.05) is 36.4 Å². The van der Waals surface area contributed by atoms with E-state index in [-0.39, 0.29) is 11.4 Å². The number of hydrogen-bond acceptors (Lipinski definition) is 4. The number of rotatable bonds is 6. The lowest BCUT2D eigenvalue weighted by atomic mass is 10.1. The van der Waals surface area contributed by atoms with Gasteiger partial charge in [0.15, 0.2) is 0 Å². The molecule has 0 saturated carbocycles. The molecule has 2 N–H and O–H groups in total. The minimum atomic E-state index is -3.80. The highest BCUT2D eigenvalue weighted by atomic mass is 32.2. The van der Waals surface area contributed by atoms with Gasteiger partial charge in [-0.2, -0.15) is 4.72 Å². The highest BCUT2D eigenvalue weighted by Gasteiger charge is 2.22. The van der Waals surface area contributed by atoms with Gasteiger partial charge in [0.1, 0.15) is 0 Å². The standard InChI is InChI=1S/C19H19N3O3S/c1-14(19(23)21-13-15-5-4-10-20-12-15)22-26(24,25)18-9-8-16-6-2-3-7-17(16)11-18/h2-12,14,22H,13H2,1H3,(H,21,23)/t14-/m0/s1. The molecule has 0 fully saturated rings. The van der Waals surface area contributed by atoms with Crippen molar-refractivity contribution in [3.8, 4) is 0 Å². The van der Waals surface area contributed by atoms with Gasteiger partial charge >= 0.3 is 0 Å². The van der Waals surface area contributed by atoms with Crippen molar-refractivity contribution in [2.24, 2.45) is 0 Å². The Morgan fingerprint density at radius 1 is 1.08 bits per heavy atom. The van der Waals surface area contributed by atoms with Gasteiger partial charge in [-0.15, -0.1) is 0 Å². The van der Waals surface area contributed by atoms with E-state index in [1.165, 1.54) is 13.0 Å². The molecule has 0 aliphatic rings. The summed E-state index contributed by atoms with van der Waals surface area (Å²) in [4.78, 5) is 16.3. The fraction of sp³-hybridized carbons (Fsp3) is 0.158. The third-order valence-electron chi connectivity index (χ3n) is 3.95. The summed E-state index contributed by atoms with van der Waals surface area (Å²) in [6.45, 7) is 1.80. The summed E-state index contributed by atoms with van der Waals surface area (Å²) in [6, 6.07) is 15.1. The first-order valence-electron chi connectivity index (χ1n) is 8.13. The lowest BCUT2D eigenvalue weighted by Crippen LogP contribution is -2.44. The molecule has 26 heavy (non-hydrogen) atoms. The average molecular weight is 369 g/mol. The van der Waals surface area contributed by atoms with E-state index in [0.717, 1.165) is 16.3 Å². The van der Waals surface area contributed by atoms with Crippen LogP contribution in [-0.4, -0.2) is 25.4 Å². The summed E-state index contributed by atoms with van der Waals surface area (Å²) < 4.78 is 27.5. The van der Waals surface area contributed by atoms with Gasteiger partial charge in [0.05, 0.1) is 10.9 Å². The van der Waals surface area contributed by atoms with Crippen LogP contribution >= 0.6 is 0 Å². The number of nitrogens with one attached hydrogen (secondary N) is 2. The second-order valence-corrected chi connectivity index (χ2v) is 7.64. The van der Waals surface area contributed by atoms with E-state index in [2.05, 4.69) is 15.0 Å². The second kappa shape index (κ2) is 7.63. The number of amides is 1. The van der Waals surface area contributed by atoms with E-state index in [9.17, 15) is 13.2 Å².